The van der Waals surface area contributed by atoms with E-state index in [9.17, 15) is 4.79 Å². The molecule has 1 aliphatic carbocycles. The number of carbonyl (C=O) groups is 1. The number of nitrogens with one attached hydrogen (secondary N) is 2. The predicted octanol–water partition coefficient (Wildman–Crippen LogP) is 2.81. The van der Waals surface area contributed by atoms with E-state index >= 15 is 0 Å². The first-order valence-electron chi connectivity index (χ1n) is 7.81. The topological polar surface area (TPSA) is 61.4 Å². The molecule has 112 valence electrons. The number of hydrogen-bond donors (Lipinski definition) is 3. The van der Waals surface area contributed by atoms with E-state index in [2.05, 4.69) is 24.5 Å². The van der Waals surface area contributed by atoms with Gasteiger partial charge in [-0.05, 0) is 37.5 Å². The van der Waals surface area contributed by atoms with Crippen molar-refractivity contribution in [1.82, 2.24) is 10.6 Å². The van der Waals surface area contributed by atoms with Gasteiger partial charge in [0, 0.05) is 19.2 Å². The molecule has 1 aliphatic rings. The third kappa shape index (κ3) is 5.39. The lowest BCUT2D eigenvalue weighted by atomic mass is 9.79. The molecule has 4 nitrogen and oxygen atoms in total. The smallest absolute Gasteiger partial charge is 0.315 e. The fraction of sp³-hybridized carbons (Fsp3) is 0.933. The van der Waals surface area contributed by atoms with Crippen molar-refractivity contribution in [1.29, 1.82) is 0 Å². The maximum absolute atomic E-state index is 11.9. The zero-order valence-corrected chi connectivity index (χ0v) is 12.5. The molecule has 1 rings (SSSR count). The van der Waals surface area contributed by atoms with Gasteiger partial charge in [-0.25, -0.2) is 4.79 Å². The second-order valence-electron chi connectivity index (χ2n) is 5.84. The van der Waals surface area contributed by atoms with Crippen LogP contribution in [-0.2, 0) is 0 Å². The molecule has 0 heterocycles. The molecule has 0 radical (unpaired) electrons. The summed E-state index contributed by atoms with van der Waals surface area (Å²) in [5.74, 6) is 0. The zero-order valence-electron chi connectivity index (χ0n) is 12.5. The van der Waals surface area contributed by atoms with Gasteiger partial charge in [0.05, 0.1) is 0 Å². The van der Waals surface area contributed by atoms with E-state index in [1.165, 1.54) is 19.3 Å². The summed E-state index contributed by atoms with van der Waals surface area (Å²) in [5.41, 5.74) is 0.0403. The molecule has 0 aromatic rings. The quantitative estimate of drug-likeness (QED) is 0.666. The number of rotatable bonds is 7. The lowest BCUT2D eigenvalue weighted by Crippen LogP contribution is -2.46. The molecule has 0 saturated heterocycles. The van der Waals surface area contributed by atoms with Gasteiger partial charge in [0.2, 0.25) is 0 Å². The Labute approximate surface area is 117 Å². The van der Waals surface area contributed by atoms with Crippen molar-refractivity contribution in [2.45, 2.75) is 71.3 Å². The van der Waals surface area contributed by atoms with E-state index in [0.717, 1.165) is 32.1 Å². The van der Waals surface area contributed by atoms with Gasteiger partial charge in [-0.2, -0.15) is 0 Å². The Bertz CT molecular complexity index is 259. The van der Waals surface area contributed by atoms with Crippen LogP contribution in [0.4, 0.5) is 4.79 Å². The van der Waals surface area contributed by atoms with Gasteiger partial charge >= 0.3 is 6.03 Å². The van der Waals surface area contributed by atoms with Crippen LogP contribution in [0.2, 0.25) is 0 Å². The van der Waals surface area contributed by atoms with Crippen molar-refractivity contribution >= 4 is 6.03 Å². The average molecular weight is 270 g/mol. The molecule has 1 saturated carbocycles. The second-order valence-corrected chi connectivity index (χ2v) is 5.84. The fourth-order valence-corrected chi connectivity index (χ4v) is 2.93. The maximum atomic E-state index is 11.9. The number of aliphatic hydroxyl groups excluding tert-OH is 1. The van der Waals surface area contributed by atoms with Crippen LogP contribution in [0.25, 0.3) is 0 Å². The Morgan fingerprint density at radius 1 is 1.21 bits per heavy atom. The van der Waals surface area contributed by atoms with Crippen LogP contribution >= 0.6 is 0 Å². The molecule has 0 spiro atoms. The highest BCUT2D eigenvalue weighted by molar-refractivity contribution is 5.74. The molecule has 4 heteroatoms. The first-order chi connectivity index (χ1) is 9.15. The summed E-state index contributed by atoms with van der Waals surface area (Å²) in [6, 6.07) is 0.306. The number of urea groups is 1. The Hall–Kier alpha value is -0.770. The first kappa shape index (κ1) is 16.3. The van der Waals surface area contributed by atoms with E-state index in [-0.39, 0.29) is 18.1 Å². The summed E-state index contributed by atoms with van der Waals surface area (Å²) in [4.78, 5) is 11.9. The van der Waals surface area contributed by atoms with Crippen molar-refractivity contribution in [2.75, 3.05) is 13.2 Å². The lowest BCUT2D eigenvalue weighted by molar-refractivity contribution is 0.162. The molecule has 19 heavy (non-hydrogen) atoms. The average Bonchev–Trinajstić information content (AvgIpc) is 2.45. The third-order valence-electron chi connectivity index (χ3n) is 4.71. The third-order valence-corrected chi connectivity index (χ3v) is 4.71. The van der Waals surface area contributed by atoms with Crippen molar-refractivity contribution < 1.29 is 9.90 Å². The van der Waals surface area contributed by atoms with Crippen LogP contribution in [0.1, 0.15) is 65.2 Å². The van der Waals surface area contributed by atoms with Crippen LogP contribution < -0.4 is 10.6 Å². The summed E-state index contributed by atoms with van der Waals surface area (Å²) in [7, 11) is 0. The van der Waals surface area contributed by atoms with Crippen LogP contribution in [0, 0.1) is 5.41 Å². The van der Waals surface area contributed by atoms with Crippen molar-refractivity contribution in [3.63, 3.8) is 0 Å². The van der Waals surface area contributed by atoms with E-state index < -0.39 is 0 Å². The molecule has 2 amide bonds. The maximum Gasteiger partial charge on any atom is 0.315 e. The minimum absolute atomic E-state index is 0.0403. The van der Waals surface area contributed by atoms with Gasteiger partial charge in [0.15, 0.2) is 0 Å². The van der Waals surface area contributed by atoms with Gasteiger partial charge in [-0.1, -0.05) is 33.1 Å². The number of amides is 2. The zero-order chi connectivity index (χ0) is 14.1. The molecule has 0 unspecified atom stereocenters. The molecule has 3 N–H and O–H groups in total. The fourth-order valence-electron chi connectivity index (χ4n) is 2.93. The summed E-state index contributed by atoms with van der Waals surface area (Å²) in [6.07, 6.45) is 8.68. The monoisotopic (exact) mass is 270 g/mol. The highest BCUT2D eigenvalue weighted by Crippen LogP contribution is 2.29. The molecule has 0 aromatic carbocycles. The van der Waals surface area contributed by atoms with Crippen LogP contribution in [0.3, 0.4) is 0 Å². The van der Waals surface area contributed by atoms with Gasteiger partial charge in [0.25, 0.3) is 0 Å². The standard InChI is InChI=1S/C15H30N2O2/c1-3-15(4-2,10-11-18)12-16-14(19)17-13-8-6-5-7-9-13/h13,18H,3-12H2,1-2H3,(H2,16,17,19). The Morgan fingerprint density at radius 3 is 2.37 bits per heavy atom. The number of aliphatic hydroxyl groups is 1. The SMILES string of the molecule is CCC(CC)(CCO)CNC(=O)NC1CCCCC1. The van der Waals surface area contributed by atoms with Gasteiger partial charge < -0.3 is 15.7 Å². The number of carbonyl (C=O) groups excluding carboxylic acids is 1. The lowest BCUT2D eigenvalue weighted by Gasteiger charge is -2.32. The highest BCUT2D eigenvalue weighted by atomic mass is 16.3. The summed E-state index contributed by atoms with van der Waals surface area (Å²) < 4.78 is 0. The normalized spacial score (nSPS) is 17.2. The van der Waals surface area contributed by atoms with Gasteiger partial charge in [0.1, 0.15) is 0 Å². The highest BCUT2D eigenvalue weighted by Gasteiger charge is 2.26. The van der Waals surface area contributed by atoms with Crippen LogP contribution in [0.5, 0.6) is 0 Å². The van der Waals surface area contributed by atoms with Crippen molar-refractivity contribution in [3.05, 3.63) is 0 Å². The molecular weight excluding hydrogens is 240 g/mol. The van der Waals surface area contributed by atoms with Crippen molar-refractivity contribution in [2.24, 2.45) is 5.41 Å². The largest absolute Gasteiger partial charge is 0.396 e. The van der Waals surface area contributed by atoms with Gasteiger partial charge in [-0.15, -0.1) is 0 Å². The predicted molar refractivity (Wildman–Crippen MR) is 78.1 cm³/mol. The summed E-state index contributed by atoms with van der Waals surface area (Å²) in [5, 5.41) is 15.2. The molecule has 0 atom stereocenters. The molecule has 1 fully saturated rings. The van der Waals surface area contributed by atoms with Crippen LogP contribution in [-0.4, -0.2) is 30.3 Å². The van der Waals surface area contributed by atoms with Crippen LogP contribution in [0.15, 0.2) is 0 Å². The van der Waals surface area contributed by atoms with E-state index in [0.29, 0.717) is 12.6 Å². The minimum Gasteiger partial charge on any atom is -0.396 e. The Morgan fingerprint density at radius 2 is 1.84 bits per heavy atom. The van der Waals surface area contributed by atoms with E-state index in [1.807, 2.05) is 0 Å². The number of hydrogen-bond acceptors (Lipinski definition) is 2. The van der Waals surface area contributed by atoms with E-state index in [4.69, 9.17) is 5.11 Å². The second kappa shape index (κ2) is 8.41. The Kier molecular flexibility index (Phi) is 7.21. The van der Waals surface area contributed by atoms with Gasteiger partial charge in [-0.3, -0.25) is 0 Å². The summed E-state index contributed by atoms with van der Waals surface area (Å²) in [6.45, 7) is 5.09. The molecular formula is C15H30N2O2. The Balaban J connectivity index is 2.34. The molecule has 0 aromatic heterocycles. The summed E-state index contributed by atoms with van der Waals surface area (Å²) >= 11 is 0. The first-order valence-corrected chi connectivity index (χ1v) is 7.81. The van der Waals surface area contributed by atoms with E-state index in [1.54, 1.807) is 0 Å². The minimum atomic E-state index is -0.0453. The molecule has 0 aliphatic heterocycles. The molecule has 0 bridgehead atoms. The van der Waals surface area contributed by atoms with Crippen molar-refractivity contribution in [3.8, 4) is 0 Å².